The molecule has 136 valence electrons. The molecule has 0 saturated carbocycles. The topological polar surface area (TPSA) is 34.0 Å². The number of nitrogens with zero attached hydrogens (tertiary/aromatic N) is 4. The Morgan fingerprint density at radius 3 is 1.96 bits per heavy atom. The highest BCUT2D eigenvalue weighted by Gasteiger charge is 2.04. The van der Waals surface area contributed by atoms with Crippen LogP contribution in [-0.4, -0.2) is 29.1 Å². The zero-order valence-electron chi connectivity index (χ0n) is 15.9. The van der Waals surface area contributed by atoms with E-state index in [4.69, 9.17) is 0 Å². The van der Waals surface area contributed by atoms with Gasteiger partial charge in [-0.25, -0.2) is 4.68 Å². The van der Waals surface area contributed by atoms with Crippen LogP contribution in [-0.2, 0) is 0 Å². The highest BCUT2D eigenvalue weighted by Crippen LogP contribution is 2.17. The summed E-state index contributed by atoms with van der Waals surface area (Å²) < 4.78 is 1.78. The van der Waals surface area contributed by atoms with Crippen LogP contribution in [0.25, 0.3) is 16.9 Å². The van der Waals surface area contributed by atoms with Gasteiger partial charge in [0, 0.05) is 36.5 Å². The predicted octanol–water partition coefficient (Wildman–Crippen LogP) is 4.40. The van der Waals surface area contributed by atoms with Crippen molar-refractivity contribution >= 4 is 5.69 Å². The molecule has 0 atom stereocenters. The molecule has 1 heterocycles. The average Bonchev–Trinajstić information content (AvgIpc) is 3.24. The molecule has 0 unspecified atom stereocenters. The van der Waals surface area contributed by atoms with Gasteiger partial charge in [-0.3, -0.25) is 0 Å². The first kappa shape index (κ1) is 17.6. The highest BCUT2D eigenvalue weighted by atomic mass is 15.4. The van der Waals surface area contributed by atoms with E-state index in [-0.39, 0.29) is 0 Å². The van der Waals surface area contributed by atoms with Crippen LogP contribution in [0.4, 0.5) is 5.69 Å². The van der Waals surface area contributed by atoms with E-state index in [0.29, 0.717) is 0 Å². The zero-order valence-corrected chi connectivity index (χ0v) is 15.9. The van der Waals surface area contributed by atoms with Gasteiger partial charge in [0.15, 0.2) is 0 Å². The monoisotopic (exact) mass is 364 g/mol. The third-order valence-corrected chi connectivity index (χ3v) is 4.43. The summed E-state index contributed by atoms with van der Waals surface area (Å²) >= 11 is 0. The van der Waals surface area contributed by atoms with Gasteiger partial charge in [-0.2, -0.15) is 0 Å². The Morgan fingerprint density at radius 2 is 1.36 bits per heavy atom. The quantitative estimate of drug-likeness (QED) is 0.505. The maximum Gasteiger partial charge on any atom is 0.113 e. The van der Waals surface area contributed by atoms with Crippen molar-refractivity contribution in [2.75, 3.05) is 19.0 Å². The van der Waals surface area contributed by atoms with Crippen molar-refractivity contribution in [3.63, 3.8) is 0 Å². The Labute approximate surface area is 165 Å². The first-order valence-corrected chi connectivity index (χ1v) is 9.07. The van der Waals surface area contributed by atoms with E-state index in [1.165, 1.54) is 0 Å². The molecule has 4 nitrogen and oxygen atoms in total. The molecular formula is C24H20N4. The molecule has 0 aliphatic heterocycles. The fourth-order valence-electron chi connectivity index (χ4n) is 2.82. The van der Waals surface area contributed by atoms with Gasteiger partial charge < -0.3 is 4.90 Å². The first-order chi connectivity index (χ1) is 13.7. The third-order valence-electron chi connectivity index (χ3n) is 4.43. The van der Waals surface area contributed by atoms with Crippen LogP contribution in [0.2, 0.25) is 0 Å². The molecule has 4 aromatic rings. The zero-order chi connectivity index (χ0) is 19.3. The second-order valence-corrected chi connectivity index (χ2v) is 6.65. The predicted molar refractivity (Wildman–Crippen MR) is 114 cm³/mol. The van der Waals surface area contributed by atoms with Gasteiger partial charge in [-0.15, -0.1) is 5.10 Å². The number of hydrogen-bond acceptors (Lipinski definition) is 3. The lowest BCUT2D eigenvalue weighted by Gasteiger charge is -2.11. The van der Waals surface area contributed by atoms with Gasteiger partial charge in [0.25, 0.3) is 0 Å². The standard InChI is InChI=1S/C24H20N4/c1-27(2)22-14-10-19(11-15-22)8-9-20-12-16-23(17-13-20)28-18-24(25-26-28)21-6-4-3-5-7-21/h3-7,10-18H,1-2H3. The Kier molecular flexibility index (Phi) is 4.90. The molecule has 4 rings (SSSR count). The van der Waals surface area contributed by atoms with Crippen LogP contribution in [0.1, 0.15) is 11.1 Å². The van der Waals surface area contributed by atoms with Crippen molar-refractivity contribution < 1.29 is 0 Å². The highest BCUT2D eigenvalue weighted by molar-refractivity contribution is 5.58. The molecule has 0 N–H and O–H groups in total. The normalized spacial score (nSPS) is 10.2. The smallest absolute Gasteiger partial charge is 0.113 e. The van der Waals surface area contributed by atoms with Crippen molar-refractivity contribution in [1.29, 1.82) is 0 Å². The summed E-state index contributed by atoms with van der Waals surface area (Å²) in [6.45, 7) is 0. The number of anilines is 1. The summed E-state index contributed by atoms with van der Waals surface area (Å²) in [4.78, 5) is 2.07. The van der Waals surface area contributed by atoms with E-state index >= 15 is 0 Å². The van der Waals surface area contributed by atoms with Gasteiger partial charge in [0.1, 0.15) is 5.69 Å². The van der Waals surface area contributed by atoms with Crippen LogP contribution in [0.5, 0.6) is 0 Å². The van der Waals surface area contributed by atoms with Crippen molar-refractivity contribution in [1.82, 2.24) is 15.0 Å². The van der Waals surface area contributed by atoms with E-state index in [1.807, 2.05) is 87.0 Å². The largest absolute Gasteiger partial charge is 0.378 e. The lowest BCUT2D eigenvalue weighted by atomic mass is 10.1. The van der Waals surface area contributed by atoms with Crippen molar-refractivity contribution in [2.24, 2.45) is 0 Å². The van der Waals surface area contributed by atoms with Crippen molar-refractivity contribution in [3.05, 3.63) is 96.2 Å². The Balaban J connectivity index is 1.50. The van der Waals surface area contributed by atoms with Crippen LogP contribution >= 0.6 is 0 Å². The Morgan fingerprint density at radius 1 is 0.750 bits per heavy atom. The molecule has 0 saturated heterocycles. The van der Waals surface area contributed by atoms with Crippen LogP contribution < -0.4 is 4.90 Å². The fraction of sp³-hybridized carbons (Fsp3) is 0.0833. The number of aromatic nitrogens is 3. The molecule has 0 spiro atoms. The first-order valence-electron chi connectivity index (χ1n) is 9.07. The minimum absolute atomic E-state index is 0.852. The summed E-state index contributed by atoms with van der Waals surface area (Å²) in [5.41, 5.74) is 5.98. The lowest BCUT2D eigenvalue weighted by Crippen LogP contribution is -2.07. The molecule has 0 bridgehead atoms. The fourth-order valence-corrected chi connectivity index (χ4v) is 2.82. The second-order valence-electron chi connectivity index (χ2n) is 6.65. The molecule has 0 radical (unpaired) electrons. The minimum atomic E-state index is 0.852. The van der Waals surface area contributed by atoms with Gasteiger partial charge in [0.2, 0.25) is 0 Å². The van der Waals surface area contributed by atoms with Crippen LogP contribution in [0.3, 0.4) is 0 Å². The summed E-state index contributed by atoms with van der Waals surface area (Å²) in [7, 11) is 4.06. The molecule has 3 aromatic carbocycles. The van der Waals surface area contributed by atoms with Crippen molar-refractivity contribution in [2.45, 2.75) is 0 Å². The average molecular weight is 364 g/mol. The maximum absolute atomic E-state index is 4.26. The van der Waals surface area contributed by atoms with E-state index in [9.17, 15) is 0 Å². The second kappa shape index (κ2) is 7.81. The minimum Gasteiger partial charge on any atom is -0.378 e. The van der Waals surface area contributed by atoms with E-state index < -0.39 is 0 Å². The third kappa shape index (κ3) is 3.94. The molecular weight excluding hydrogens is 344 g/mol. The maximum atomic E-state index is 4.26. The SMILES string of the molecule is CN(C)c1ccc(C#Cc2ccc(-n3cc(-c4ccccc4)nn3)cc2)cc1. The lowest BCUT2D eigenvalue weighted by molar-refractivity contribution is 0.804. The molecule has 0 fully saturated rings. The molecule has 28 heavy (non-hydrogen) atoms. The molecule has 1 aromatic heterocycles. The summed E-state index contributed by atoms with van der Waals surface area (Å²) in [6.07, 6.45) is 1.93. The summed E-state index contributed by atoms with van der Waals surface area (Å²) in [6, 6.07) is 26.3. The number of hydrogen-bond donors (Lipinski definition) is 0. The van der Waals surface area contributed by atoms with Crippen LogP contribution in [0.15, 0.2) is 85.1 Å². The molecule has 0 aliphatic carbocycles. The van der Waals surface area contributed by atoms with E-state index in [0.717, 1.165) is 33.8 Å². The Bertz CT molecular complexity index is 1110. The van der Waals surface area contributed by atoms with E-state index in [2.05, 4.69) is 39.2 Å². The van der Waals surface area contributed by atoms with Crippen LogP contribution in [0, 0.1) is 11.8 Å². The van der Waals surface area contributed by atoms with Gasteiger partial charge >= 0.3 is 0 Å². The van der Waals surface area contributed by atoms with Gasteiger partial charge in [-0.1, -0.05) is 47.4 Å². The molecule has 4 heteroatoms. The Hall–Kier alpha value is -3.84. The van der Waals surface area contributed by atoms with E-state index in [1.54, 1.807) is 4.68 Å². The molecule has 0 amide bonds. The van der Waals surface area contributed by atoms with Gasteiger partial charge in [-0.05, 0) is 48.5 Å². The number of rotatable bonds is 3. The number of benzene rings is 3. The van der Waals surface area contributed by atoms with Gasteiger partial charge in [0.05, 0.1) is 11.9 Å². The summed E-state index contributed by atoms with van der Waals surface area (Å²) in [5, 5.41) is 8.50. The molecule has 0 aliphatic rings. The van der Waals surface area contributed by atoms with Crippen molar-refractivity contribution in [3.8, 4) is 28.8 Å². The summed E-state index contributed by atoms with van der Waals surface area (Å²) in [5.74, 6) is 6.42.